The van der Waals surface area contributed by atoms with Crippen LogP contribution in [0.3, 0.4) is 0 Å². The van der Waals surface area contributed by atoms with E-state index in [0.717, 1.165) is 19.3 Å². The van der Waals surface area contributed by atoms with Crippen LogP contribution >= 0.6 is 0 Å². The molecule has 0 spiro atoms. The van der Waals surface area contributed by atoms with Gasteiger partial charge in [-0.05, 0) is 44.3 Å². The summed E-state index contributed by atoms with van der Waals surface area (Å²) >= 11 is 0. The Balaban J connectivity index is 1.99. The van der Waals surface area contributed by atoms with Crippen LogP contribution in [0.25, 0.3) is 0 Å². The second kappa shape index (κ2) is 19.1. The summed E-state index contributed by atoms with van der Waals surface area (Å²) in [6, 6.07) is 9.66. The van der Waals surface area contributed by atoms with E-state index in [-0.39, 0.29) is 60.2 Å². The number of nitrogens with zero attached hydrogens (tertiary/aromatic N) is 2. The van der Waals surface area contributed by atoms with E-state index in [1.54, 1.807) is 21.3 Å². The van der Waals surface area contributed by atoms with E-state index >= 15 is 0 Å². The Kier molecular flexibility index (Phi) is 16.3. The minimum atomic E-state index is -0.401. The first-order chi connectivity index (χ1) is 21.0. The Hall–Kier alpha value is -2.53. The van der Waals surface area contributed by atoms with Gasteiger partial charge in [0.05, 0.1) is 36.6 Å². The molecule has 1 aliphatic heterocycles. The summed E-state index contributed by atoms with van der Waals surface area (Å²) in [4.78, 5) is 43.4. The van der Waals surface area contributed by atoms with Crippen molar-refractivity contribution in [1.29, 1.82) is 0 Å². The second-order valence-electron chi connectivity index (χ2n) is 12.6. The maximum absolute atomic E-state index is 13.7. The van der Waals surface area contributed by atoms with Crippen molar-refractivity contribution in [1.82, 2.24) is 25.8 Å². The zero-order valence-electron chi connectivity index (χ0n) is 28.6. The van der Waals surface area contributed by atoms with E-state index in [1.165, 1.54) is 5.56 Å². The quantitative estimate of drug-likeness (QED) is 0.206. The number of ether oxygens (including phenoxy) is 2. The lowest BCUT2D eigenvalue weighted by molar-refractivity contribution is -0.154. The fourth-order valence-corrected chi connectivity index (χ4v) is 6.38. The molecule has 3 amide bonds. The van der Waals surface area contributed by atoms with Gasteiger partial charge in [-0.1, -0.05) is 71.4 Å². The number of likely N-dealkylation sites (tertiary alicyclic amines) is 1. The average molecular weight is 618 g/mol. The van der Waals surface area contributed by atoms with Gasteiger partial charge in [-0.25, -0.2) is 0 Å². The van der Waals surface area contributed by atoms with Gasteiger partial charge in [0.15, 0.2) is 0 Å². The normalized spacial score (nSPS) is 19.1. The van der Waals surface area contributed by atoms with Crippen molar-refractivity contribution in [3.05, 3.63) is 35.9 Å². The van der Waals surface area contributed by atoms with Gasteiger partial charge >= 0.3 is 0 Å². The molecule has 250 valence electrons. The number of hydrogen-bond acceptors (Lipinski definition) is 7. The number of carbonyl (C=O) groups excluding carboxylic acids is 3. The van der Waals surface area contributed by atoms with Gasteiger partial charge in [-0.15, -0.1) is 0 Å². The Labute approximate surface area is 266 Å². The zero-order valence-corrected chi connectivity index (χ0v) is 28.6. The molecule has 2 rings (SSSR count). The van der Waals surface area contributed by atoms with Crippen LogP contribution in [0.2, 0.25) is 0 Å². The van der Waals surface area contributed by atoms with Crippen LogP contribution in [-0.4, -0.2) is 112 Å². The van der Waals surface area contributed by atoms with E-state index in [9.17, 15) is 14.4 Å². The molecule has 1 heterocycles. The molecular formula is C34H59N5O5. The Morgan fingerprint density at radius 3 is 2.18 bits per heavy atom. The van der Waals surface area contributed by atoms with Crippen LogP contribution in [-0.2, 0) is 30.3 Å². The summed E-state index contributed by atoms with van der Waals surface area (Å²) in [5.74, 6) is -0.00762. The topological polar surface area (TPSA) is 112 Å². The smallest absolute Gasteiger partial charge is 0.237 e. The number of hydrogen-bond donors (Lipinski definition) is 3. The minimum absolute atomic E-state index is 0.00918. The molecule has 10 nitrogen and oxygen atoms in total. The molecule has 1 saturated heterocycles. The molecule has 10 heteroatoms. The third-order valence-corrected chi connectivity index (χ3v) is 9.32. The molecule has 7 unspecified atom stereocenters. The highest BCUT2D eigenvalue weighted by atomic mass is 16.5. The van der Waals surface area contributed by atoms with Crippen molar-refractivity contribution in [2.45, 2.75) is 90.6 Å². The summed E-state index contributed by atoms with van der Waals surface area (Å²) < 4.78 is 11.8. The van der Waals surface area contributed by atoms with Crippen LogP contribution in [0.4, 0.5) is 0 Å². The van der Waals surface area contributed by atoms with Crippen molar-refractivity contribution in [3.63, 3.8) is 0 Å². The fraction of sp³-hybridized carbons (Fsp3) is 0.735. The van der Waals surface area contributed by atoms with E-state index in [0.29, 0.717) is 26.2 Å². The number of methoxy groups -OCH3 is 2. The predicted molar refractivity (Wildman–Crippen MR) is 175 cm³/mol. The number of likely N-dealkylation sites (N-methyl/N-ethyl adjacent to an activating group) is 2. The summed E-state index contributed by atoms with van der Waals surface area (Å²) in [5, 5.41) is 9.18. The van der Waals surface area contributed by atoms with Gasteiger partial charge in [-0.3, -0.25) is 19.3 Å². The molecule has 7 atom stereocenters. The van der Waals surface area contributed by atoms with Crippen LogP contribution < -0.4 is 16.0 Å². The largest absolute Gasteiger partial charge is 0.379 e. The number of nitrogens with one attached hydrogen (secondary N) is 3. The van der Waals surface area contributed by atoms with Gasteiger partial charge in [0, 0.05) is 46.4 Å². The van der Waals surface area contributed by atoms with E-state index in [1.807, 2.05) is 63.1 Å². The predicted octanol–water partition coefficient (Wildman–Crippen LogP) is 2.71. The SMILES string of the molecule is CCC(C)C(C(CC(=O)N1CCC1C(OC)C(C)C(=O)NCCc1ccccc1)OC)N(C)CCNC(=O)C(NC)C(C)C. The van der Waals surface area contributed by atoms with Crippen LogP contribution in [0.1, 0.15) is 59.4 Å². The molecule has 1 aromatic rings. The Morgan fingerprint density at radius 1 is 1.00 bits per heavy atom. The molecule has 44 heavy (non-hydrogen) atoms. The minimum Gasteiger partial charge on any atom is -0.379 e. The molecule has 1 fully saturated rings. The Morgan fingerprint density at radius 2 is 1.66 bits per heavy atom. The van der Waals surface area contributed by atoms with Crippen molar-refractivity contribution >= 4 is 17.7 Å². The molecule has 1 aromatic carbocycles. The van der Waals surface area contributed by atoms with Gasteiger partial charge in [-0.2, -0.15) is 0 Å². The van der Waals surface area contributed by atoms with Crippen LogP contribution in [0.15, 0.2) is 30.3 Å². The van der Waals surface area contributed by atoms with Gasteiger partial charge in [0.1, 0.15) is 0 Å². The van der Waals surface area contributed by atoms with Gasteiger partial charge in [0.25, 0.3) is 0 Å². The van der Waals surface area contributed by atoms with Gasteiger partial charge in [0.2, 0.25) is 17.7 Å². The molecule has 0 radical (unpaired) electrons. The van der Waals surface area contributed by atoms with Crippen LogP contribution in [0.5, 0.6) is 0 Å². The highest BCUT2D eigenvalue weighted by Crippen LogP contribution is 2.29. The lowest BCUT2D eigenvalue weighted by Gasteiger charge is -2.47. The summed E-state index contributed by atoms with van der Waals surface area (Å²) in [6.07, 6.45) is 2.01. The zero-order chi connectivity index (χ0) is 32.8. The van der Waals surface area contributed by atoms with E-state index in [2.05, 4.69) is 34.7 Å². The standard InChI is InChI=1S/C34H59N5O5/c1-10-24(4)31(38(7)21-19-37-34(42)30(35-6)23(2)3)28(43-8)22-29(40)39-20-17-27(39)32(44-9)25(5)33(41)36-18-16-26-14-12-11-13-15-26/h11-15,23-25,27-28,30-32,35H,10,16-22H2,1-9H3,(H,36,41)(H,37,42). The first-order valence-electron chi connectivity index (χ1n) is 16.3. The average Bonchev–Trinajstić information content (AvgIpc) is 2.98. The van der Waals surface area contributed by atoms with Crippen molar-refractivity contribution in [3.8, 4) is 0 Å². The first kappa shape index (κ1) is 37.7. The maximum Gasteiger partial charge on any atom is 0.237 e. The highest BCUT2D eigenvalue weighted by molar-refractivity contribution is 5.82. The molecule has 0 saturated carbocycles. The lowest BCUT2D eigenvalue weighted by Crippen LogP contribution is -2.61. The molecule has 0 aliphatic carbocycles. The van der Waals surface area contributed by atoms with E-state index < -0.39 is 12.0 Å². The fourth-order valence-electron chi connectivity index (χ4n) is 6.38. The van der Waals surface area contributed by atoms with Crippen molar-refractivity contribution < 1.29 is 23.9 Å². The molecular weight excluding hydrogens is 558 g/mol. The Bertz CT molecular complexity index is 1010. The molecule has 1 aliphatic rings. The van der Waals surface area contributed by atoms with Crippen molar-refractivity contribution in [2.24, 2.45) is 17.8 Å². The monoisotopic (exact) mass is 617 g/mol. The number of benzene rings is 1. The van der Waals surface area contributed by atoms with Crippen LogP contribution in [0, 0.1) is 17.8 Å². The summed E-state index contributed by atoms with van der Waals surface area (Å²) in [5.41, 5.74) is 1.17. The second-order valence-corrected chi connectivity index (χ2v) is 12.6. The number of amides is 3. The third-order valence-electron chi connectivity index (χ3n) is 9.32. The van der Waals surface area contributed by atoms with Crippen molar-refractivity contribution in [2.75, 3.05) is 54.5 Å². The van der Waals surface area contributed by atoms with E-state index in [4.69, 9.17) is 9.47 Å². The molecule has 0 aromatic heterocycles. The first-order valence-corrected chi connectivity index (χ1v) is 16.3. The summed E-state index contributed by atoms with van der Waals surface area (Å²) in [7, 11) is 7.11. The molecule has 3 N–H and O–H groups in total. The van der Waals surface area contributed by atoms with Gasteiger partial charge < -0.3 is 30.3 Å². The lowest BCUT2D eigenvalue weighted by atomic mass is 9.86. The molecule has 0 bridgehead atoms. The summed E-state index contributed by atoms with van der Waals surface area (Å²) in [6.45, 7) is 12.6. The highest BCUT2D eigenvalue weighted by Gasteiger charge is 2.43. The third kappa shape index (κ3) is 10.5. The number of rotatable bonds is 20. The number of carbonyl (C=O) groups is 3. The maximum atomic E-state index is 13.7.